The number of ether oxygens (including phenoxy) is 1. The Balaban J connectivity index is 0.000000263. The third kappa shape index (κ3) is 10.6. The zero-order chi connectivity index (χ0) is 27.1. The van der Waals surface area contributed by atoms with Crippen molar-refractivity contribution in [1.82, 2.24) is 4.72 Å². The molecule has 37 heavy (non-hydrogen) atoms. The molecule has 1 fully saturated rings. The van der Waals surface area contributed by atoms with E-state index in [2.05, 4.69) is 80.0 Å². The Hall–Kier alpha value is -2.23. The Morgan fingerprint density at radius 2 is 1.70 bits per heavy atom. The molecule has 0 bridgehead atoms. The first kappa shape index (κ1) is 31.0. The SMILES string of the molecule is CCCCCCCCC(=O)OC1CCC(C)(C#N)CC1.CCNSc1cccc2c(N(C)C)cccc12. The Kier molecular flexibility index (Phi) is 13.9. The van der Waals surface area contributed by atoms with Crippen LogP contribution in [0.3, 0.4) is 0 Å². The summed E-state index contributed by atoms with van der Waals surface area (Å²) in [6.45, 7) is 7.29. The van der Waals surface area contributed by atoms with Crippen molar-refractivity contribution in [3.8, 4) is 6.07 Å². The molecular weight excluding hydrogens is 478 g/mol. The van der Waals surface area contributed by atoms with Crippen LogP contribution in [0.15, 0.2) is 41.3 Å². The largest absolute Gasteiger partial charge is 0.462 e. The molecule has 2 aromatic carbocycles. The average molecular weight is 526 g/mol. The molecule has 0 radical (unpaired) electrons. The number of benzene rings is 2. The molecule has 204 valence electrons. The van der Waals surface area contributed by atoms with Crippen LogP contribution in [0, 0.1) is 16.7 Å². The number of nitriles is 1. The minimum absolute atomic E-state index is 0.0454. The Labute approximate surface area is 229 Å². The van der Waals surface area contributed by atoms with Gasteiger partial charge in [-0.3, -0.25) is 9.52 Å². The first-order valence-electron chi connectivity index (χ1n) is 14.0. The summed E-state index contributed by atoms with van der Waals surface area (Å²) in [7, 11) is 4.16. The zero-order valence-corrected chi connectivity index (χ0v) is 24.5. The number of carbonyl (C=O) groups excluding carboxylic acids is 1. The van der Waals surface area contributed by atoms with Crippen molar-refractivity contribution in [3.63, 3.8) is 0 Å². The molecule has 0 amide bonds. The number of esters is 1. The number of carbonyl (C=O) groups is 1. The highest BCUT2D eigenvalue weighted by atomic mass is 32.2. The second kappa shape index (κ2) is 16.6. The summed E-state index contributed by atoms with van der Waals surface area (Å²) in [5, 5.41) is 11.7. The highest BCUT2D eigenvalue weighted by Crippen LogP contribution is 2.36. The Morgan fingerprint density at radius 1 is 1.05 bits per heavy atom. The Morgan fingerprint density at radius 3 is 2.35 bits per heavy atom. The van der Waals surface area contributed by atoms with E-state index in [4.69, 9.17) is 10.00 Å². The smallest absolute Gasteiger partial charge is 0.306 e. The molecule has 6 heteroatoms. The molecular formula is C31H47N3O2S. The fraction of sp³-hybridized carbons (Fsp3) is 0.613. The number of hydrogen-bond donors (Lipinski definition) is 1. The molecule has 0 saturated heterocycles. The van der Waals surface area contributed by atoms with Crippen LogP contribution in [-0.2, 0) is 9.53 Å². The van der Waals surface area contributed by atoms with Crippen LogP contribution in [0.5, 0.6) is 0 Å². The predicted molar refractivity (Wildman–Crippen MR) is 158 cm³/mol. The summed E-state index contributed by atoms with van der Waals surface area (Å²) >= 11 is 1.70. The molecule has 0 heterocycles. The minimum atomic E-state index is -0.206. The van der Waals surface area contributed by atoms with Gasteiger partial charge in [-0.1, -0.05) is 70.2 Å². The van der Waals surface area contributed by atoms with E-state index < -0.39 is 0 Å². The second-order valence-corrected chi connectivity index (χ2v) is 11.4. The van der Waals surface area contributed by atoms with E-state index in [0.717, 1.165) is 45.1 Å². The molecule has 3 rings (SSSR count). The van der Waals surface area contributed by atoms with Gasteiger partial charge in [-0.25, -0.2) is 0 Å². The molecule has 2 aromatic rings. The topological polar surface area (TPSA) is 65.4 Å². The normalized spacial score (nSPS) is 19.0. The van der Waals surface area contributed by atoms with Crippen molar-refractivity contribution < 1.29 is 9.53 Å². The molecule has 1 saturated carbocycles. The first-order valence-corrected chi connectivity index (χ1v) is 14.8. The van der Waals surface area contributed by atoms with Gasteiger partial charge in [0, 0.05) is 43.0 Å². The van der Waals surface area contributed by atoms with Gasteiger partial charge < -0.3 is 9.64 Å². The lowest BCUT2D eigenvalue weighted by Crippen LogP contribution is -2.29. The molecule has 1 aliphatic rings. The van der Waals surface area contributed by atoms with E-state index >= 15 is 0 Å². The van der Waals surface area contributed by atoms with Crippen LogP contribution in [0.4, 0.5) is 5.69 Å². The molecule has 0 aliphatic heterocycles. The number of nitrogens with zero attached hydrogens (tertiary/aromatic N) is 2. The average Bonchev–Trinajstić information content (AvgIpc) is 2.90. The van der Waals surface area contributed by atoms with Gasteiger partial charge in [-0.15, -0.1) is 0 Å². The number of fused-ring (bicyclic) bond motifs is 1. The summed E-state index contributed by atoms with van der Waals surface area (Å²) in [5.41, 5.74) is 1.06. The summed E-state index contributed by atoms with van der Waals surface area (Å²) in [6, 6.07) is 15.3. The van der Waals surface area contributed by atoms with Gasteiger partial charge in [0.25, 0.3) is 0 Å². The van der Waals surface area contributed by atoms with Crippen molar-refractivity contribution in [1.29, 1.82) is 5.26 Å². The summed E-state index contributed by atoms with van der Waals surface area (Å²) in [5.74, 6) is -0.0500. The van der Waals surface area contributed by atoms with Crippen LogP contribution in [-0.4, -0.2) is 32.7 Å². The van der Waals surface area contributed by atoms with Gasteiger partial charge in [-0.2, -0.15) is 5.26 Å². The van der Waals surface area contributed by atoms with Crippen LogP contribution in [0.1, 0.15) is 91.4 Å². The molecule has 5 nitrogen and oxygen atoms in total. The number of hydrogen-bond acceptors (Lipinski definition) is 6. The van der Waals surface area contributed by atoms with E-state index in [1.54, 1.807) is 11.9 Å². The number of anilines is 1. The molecule has 0 atom stereocenters. The van der Waals surface area contributed by atoms with E-state index in [1.165, 1.54) is 47.0 Å². The van der Waals surface area contributed by atoms with Crippen molar-refractivity contribution in [2.24, 2.45) is 5.41 Å². The number of rotatable bonds is 12. The Bertz CT molecular complexity index is 994. The lowest BCUT2D eigenvalue weighted by atomic mass is 9.76. The second-order valence-electron chi connectivity index (χ2n) is 10.5. The molecule has 0 spiro atoms. The molecule has 1 N–H and O–H groups in total. The van der Waals surface area contributed by atoms with E-state index in [1.807, 2.05) is 6.92 Å². The third-order valence-corrected chi connectivity index (χ3v) is 8.01. The van der Waals surface area contributed by atoms with E-state index in [0.29, 0.717) is 6.42 Å². The molecule has 0 aromatic heterocycles. The highest BCUT2D eigenvalue weighted by molar-refractivity contribution is 7.97. The summed E-state index contributed by atoms with van der Waals surface area (Å²) < 4.78 is 8.82. The highest BCUT2D eigenvalue weighted by Gasteiger charge is 2.32. The molecule has 1 aliphatic carbocycles. The maximum Gasteiger partial charge on any atom is 0.306 e. The van der Waals surface area contributed by atoms with Crippen molar-refractivity contribution in [2.75, 3.05) is 25.5 Å². The quantitative estimate of drug-likeness (QED) is 0.171. The van der Waals surface area contributed by atoms with Gasteiger partial charge in [0.1, 0.15) is 6.10 Å². The standard InChI is InChI=1S/C17H29NO2.C14H18N2S/c1-3-4-5-6-7-8-9-16(19)20-15-10-12-17(2,14-18)13-11-15;1-4-15-17-14-10-6-7-11-12(14)8-5-9-13(11)16(2)3/h15H,3-13H2,1-2H3;5-10,15H,4H2,1-3H3. The van der Waals surface area contributed by atoms with E-state index in [9.17, 15) is 4.79 Å². The third-order valence-electron chi connectivity index (χ3n) is 7.01. The maximum atomic E-state index is 11.7. The lowest BCUT2D eigenvalue weighted by molar-refractivity contribution is -0.151. The zero-order valence-electron chi connectivity index (χ0n) is 23.6. The molecule has 0 unspecified atom stereocenters. The fourth-order valence-electron chi connectivity index (χ4n) is 4.65. The van der Waals surface area contributed by atoms with Gasteiger partial charge >= 0.3 is 5.97 Å². The van der Waals surface area contributed by atoms with Gasteiger partial charge in [-0.05, 0) is 68.5 Å². The van der Waals surface area contributed by atoms with Crippen LogP contribution >= 0.6 is 11.9 Å². The summed E-state index contributed by atoms with van der Waals surface area (Å²) in [4.78, 5) is 15.2. The van der Waals surface area contributed by atoms with Gasteiger partial charge in [0.05, 0.1) is 11.5 Å². The predicted octanol–water partition coefficient (Wildman–Crippen LogP) is 8.28. The summed E-state index contributed by atoms with van der Waals surface area (Å²) in [6.07, 6.45) is 11.1. The van der Waals surface area contributed by atoms with Crippen LogP contribution in [0.2, 0.25) is 0 Å². The van der Waals surface area contributed by atoms with Crippen LogP contribution < -0.4 is 9.62 Å². The monoisotopic (exact) mass is 525 g/mol. The van der Waals surface area contributed by atoms with Crippen molar-refractivity contribution in [2.45, 2.75) is 102 Å². The minimum Gasteiger partial charge on any atom is -0.462 e. The van der Waals surface area contributed by atoms with Crippen LogP contribution in [0.25, 0.3) is 10.8 Å². The van der Waals surface area contributed by atoms with Crippen molar-refractivity contribution in [3.05, 3.63) is 36.4 Å². The van der Waals surface area contributed by atoms with Gasteiger partial charge in [0.2, 0.25) is 0 Å². The lowest BCUT2D eigenvalue weighted by Gasteiger charge is -2.31. The number of unbranched alkanes of at least 4 members (excludes halogenated alkanes) is 5. The number of nitrogens with one attached hydrogen (secondary N) is 1. The maximum absolute atomic E-state index is 11.7. The van der Waals surface area contributed by atoms with Crippen molar-refractivity contribution >= 4 is 34.4 Å². The van der Waals surface area contributed by atoms with Gasteiger partial charge in [0.15, 0.2) is 0 Å². The fourth-order valence-corrected chi connectivity index (χ4v) is 5.38. The van der Waals surface area contributed by atoms with E-state index in [-0.39, 0.29) is 17.5 Å². The first-order chi connectivity index (χ1) is 17.8.